The summed E-state index contributed by atoms with van der Waals surface area (Å²) in [5, 5.41) is 3.69. The van der Waals surface area contributed by atoms with Crippen LogP contribution in [-0.4, -0.2) is 40.3 Å². The molecule has 1 fully saturated rings. The monoisotopic (exact) mass is 511 g/mol. The molecule has 0 spiro atoms. The molecule has 1 amide bonds. The van der Waals surface area contributed by atoms with E-state index in [1.54, 1.807) is 30.3 Å². The van der Waals surface area contributed by atoms with Crippen molar-refractivity contribution >= 4 is 28.4 Å². The van der Waals surface area contributed by atoms with E-state index in [0.29, 0.717) is 31.7 Å². The van der Waals surface area contributed by atoms with Gasteiger partial charge in [-0.1, -0.05) is 18.2 Å². The van der Waals surface area contributed by atoms with Gasteiger partial charge in [-0.25, -0.2) is 9.97 Å². The Kier molecular flexibility index (Phi) is 6.60. The van der Waals surface area contributed by atoms with Crippen LogP contribution in [0.25, 0.3) is 11.0 Å². The minimum atomic E-state index is -4.89. The van der Waals surface area contributed by atoms with Crippen LogP contribution in [0.1, 0.15) is 18.4 Å². The van der Waals surface area contributed by atoms with E-state index < -0.39 is 12.1 Å². The van der Waals surface area contributed by atoms with Gasteiger partial charge in [0.25, 0.3) is 0 Å². The fourth-order valence-electron chi connectivity index (χ4n) is 4.46. The fraction of sp³-hybridized carbons (Fsp3) is 0.269. The van der Waals surface area contributed by atoms with Crippen molar-refractivity contribution in [1.82, 2.24) is 15.0 Å². The van der Waals surface area contributed by atoms with Crippen LogP contribution in [0, 0.1) is 12.8 Å². The molecule has 5 rings (SSSR count). The van der Waals surface area contributed by atoms with E-state index in [1.165, 1.54) is 12.4 Å². The number of carbonyl (C=O) groups is 1. The molecule has 0 aliphatic carbocycles. The third-order valence-electron chi connectivity index (χ3n) is 6.17. The second kappa shape index (κ2) is 10.00. The summed E-state index contributed by atoms with van der Waals surface area (Å²) in [6, 6.07) is 12.3. The topological polar surface area (TPSA) is 92.4 Å². The first-order chi connectivity index (χ1) is 17.7. The smallest absolute Gasteiger partial charge is 0.457 e. The molecule has 0 atom stereocenters. The lowest BCUT2D eigenvalue weighted by Crippen LogP contribution is -2.38. The Balaban J connectivity index is 1.29. The molecule has 0 bridgehead atoms. The fourth-order valence-corrected chi connectivity index (χ4v) is 4.46. The molecule has 192 valence electrons. The average Bonchev–Trinajstić information content (AvgIpc) is 3.24. The molecule has 0 unspecified atom stereocenters. The van der Waals surface area contributed by atoms with Crippen molar-refractivity contribution in [3.05, 3.63) is 66.6 Å². The zero-order valence-electron chi connectivity index (χ0n) is 19.9. The van der Waals surface area contributed by atoms with E-state index in [0.717, 1.165) is 34.5 Å². The number of fused-ring (bicyclic) bond motifs is 1. The van der Waals surface area contributed by atoms with E-state index in [4.69, 9.17) is 4.74 Å². The van der Waals surface area contributed by atoms with Gasteiger partial charge in [0.2, 0.25) is 5.91 Å². The van der Waals surface area contributed by atoms with Gasteiger partial charge in [0.15, 0.2) is 0 Å². The number of alkyl halides is 3. The molecule has 0 saturated carbocycles. The average molecular weight is 512 g/mol. The molecule has 1 saturated heterocycles. The van der Waals surface area contributed by atoms with Crippen molar-refractivity contribution in [1.29, 1.82) is 0 Å². The lowest BCUT2D eigenvalue weighted by atomic mass is 9.95. The van der Waals surface area contributed by atoms with Gasteiger partial charge in [0.05, 0.1) is 5.39 Å². The quantitative estimate of drug-likeness (QED) is 0.339. The number of nitrogens with one attached hydrogen (secondary N) is 2. The SMILES string of the molecule is Cc1c[nH]c2ncnc(N3CCC(C(=O)Nc4cc(Oc5ccccc5)cc(OC(F)(F)F)c4)CC3)c12. The zero-order chi connectivity index (χ0) is 26.0. The number of H-pyrrole nitrogens is 1. The van der Waals surface area contributed by atoms with Crippen LogP contribution in [0.15, 0.2) is 61.1 Å². The lowest BCUT2D eigenvalue weighted by molar-refractivity contribution is -0.274. The Morgan fingerprint density at radius 1 is 1.05 bits per heavy atom. The number of piperidine rings is 1. The van der Waals surface area contributed by atoms with Crippen LogP contribution in [0.2, 0.25) is 0 Å². The van der Waals surface area contributed by atoms with Gasteiger partial charge >= 0.3 is 6.36 Å². The molecule has 37 heavy (non-hydrogen) atoms. The Morgan fingerprint density at radius 3 is 2.51 bits per heavy atom. The number of nitrogens with zero attached hydrogens (tertiary/aromatic N) is 3. The van der Waals surface area contributed by atoms with Gasteiger partial charge in [-0.3, -0.25) is 4.79 Å². The Morgan fingerprint density at radius 2 is 1.78 bits per heavy atom. The van der Waals surface area contributed by atoms with Gasteiger partial charge < -0.3 is 24.7 Å². The Bertz CT molecular complexity index is 1400. The molecule has 11 heteroatoms. The van der Waals surface area contributed by atoms with Gasteiger partial charge in [-0.05, 0) is 37.5 Å². The van der Waals surface area contributed by atoms with Crippen LogP contribution in [0.3, 0.4) is 0 Å². The van der Waals surface area contributed by atoms with E-state index in [9.17, 15) is 18.0 Å². The highest BCUT2D eigenvalue weighted by molar-refractivity contribution is 5.94. The molecule has 2 N–H and O–H groups in total. The first-order valence-electron chi connectivity index (χ1n) is 11.7. The molecule has 3 heterocycles. The predicted octanol–water partition coefficient (Wildman–Crippen LogP) is 5.81. The second-order valence-electron chi connectivity index (χ2n) is 8.80. The number of aryl methyl sites for hydroxylation is 1. The van der Waals surface area contributed by atoms with Gasteiger partial charge in [-0.15, -0.1) is 13.2 Å². The van der Waals surface area contributed by atoms with Gasteiger partial charge in [0, 0.05) is 49.1 Å². The number of halogens is 3. The minimum Gasteiger partial charge on any atom is -0.457 e. The number of ether oxygens (including phenoxy) is 2. The molecule has 2 aromatic carbocycles. The number of hydrogen-bond acceptors (Lipinski definition) is 6. The van der Waals surface area contributed by atoms with Gasteiger partial charge in [-0.2, -0.15) is 0 Å². The molecule has 0 radical (unpaired) electrons. The summed E-state index contributed by atoms with van der Waals surface area (Å²) in [6.07, 6.45) is -0.365. The van der Waals surface area contributed by atoms with Gasteiger partial charge in [0.1, 0.15) is 35.0 Å². The van der Waals surface area contributed by atoms with Crippen molar-refractivity contribution in [3.63, 3.8) is 0 Å². The number of amides is 1. The zero-order valence-corrected chi connectivity index (χ0v) is 19.9. The van der Waals surface area contributed by atoms with Crippen molar-refractivity contribution in [2.45, 2.75) is 26.1 Å². The summed E-state index contributed by atoms with van der Waals surface area (Å²) < 4.78 is 48.5. The van der Waals surface area contributed by atoms with E-state index in [2.05, 4.69) is 29.9 Å². The third kappa shape index (κ3) is 5.76. The largest absolute Gasteiger partial charge is 0.573 e. The number of carbonyl (C=O) groups excluding carboxylic acids is 1. The van der Waals surface area contributed by atoms with Crippen molar-refractivity contribution in [3.8, 4) is 17.2 Å². The Hall–Kier alpha value is -4.28. The van der Waals surface area contributed by atoms with Crippen molar-refractivity contribution < 1.29 is 27.4 Å². The number of benzene rings is 2. The third-order valence-corrected chi connectivity index (χ3v) is 6.17. The summed E-state index contributed by atoms with van der Waals surface area (Å²) >= 11 is 0. The highest BCUT2D eigenvalue weighted by Gasteiger charge is 2.32. The maximum Gasteiger partial charge on any atom is 0.573 e. The molecule has 1 aliphatic rings. The molecule has 1 aliphatic heterocycles. The maximum atomic E-state index is 13.0. The summed E-state index contributed by atoms with van der Waals surface area (Å²) in [7, 11) is 0. The van der Waals surface area contributed by atoms with E-state index in [1.807, 2.05) is 13.1 Å². The first kappa shape index (κ1) is 24.4. The van der Waals surface area contributed by atoms with E-state index >= 15 is 0 Å². The summed E-state index contributed by atoms with van der Waals surface area (Å²) in [6.45, 7) is 3.20. The number of aromatic amines is 1. The number of para-hydroxylation sites is 1. The van der Waals surface area contributed by atoms with Crippen molar-refractivity contribution in [2.24, 2.45) is 5.92 Å². The molecule has 2 aromatic heterocycles. The second-order valence-corrected chi connectivity index (χ2v) is 8.80. The molecular weight excluding hydrogens is 487 g/mol. The Labute approximate surface area is 210 Å². The van der Waals surface area contributed by atoms with Crippen LogP contribution in [0.4, 0.5) is 24.7 Å². The summed E-state index contributed by atoms with van der Waals surface area (Å²) in [4.78, 5) is 27.0. The number of rotatable bonds is 6. The normalized spacial score (nSPS) is 14.5. The molecular formula is C26H24F3N5O3. The molecule has 8 nitrogen and oxygen atoms in total. The first-order valence-corrected chi connectivity index (χ1v) is 11.7. The number of aromatic nitrogens is 3. The molecule has 4 aromatic rings. The minimum absolute atomic E-state index is 0.104. The number of anilines is 2. The van der Waals surface area contributed by atoms with Crippen molar-refractivity contribution in [2.75, 3.05) is 23.3 Å². The van der Waals surface area contributed by atoms with Crippen LogP contribution >= 0.6 is 0 Å². The summed E-state index contributed by atoms with van der Waals surface area (Å²) in [5.74, 6) is 0.287. The van der Waals surface area contributed by atoms with Crippen LogP contribution < -0.4 is 19.7 Å². The summed E-state index contributed by atoms with van der Waals surface area (Å²) in [5.41, 5.74) is 1.96. The lowest BCUT2D eigenvalue weighted by Gasteiger charge is -2.32. The van der Waals surface area contributed by atoms with E-state index in [-0.39, 0.29) is 23.3 Å². The van der Waals surface area contributed by atoms with Crippen LogP contribution in [-0.2, 0) is 4.79 Å². The standard InChI is InChI=1S/C26H24F3N5O3/c1-16-14-30-23-22(16)24(32-15-31-23)34-9-7-17(8-10-34)25(35)33-18-11-20(36-19-5-3-2-4-6-19)13-21(12-18)37-26(27,28)29/h2-6,11-15,17H,7-10H2,1H3,(H,33,35)(H,30,31,32). The maximum absolute atomic E-state index is 13.0. The van der Waals surface area contributed by atoms with Crippen LogP contribution in [0.5, 0.6) is 17.2 Å². The highest BCUT2D eigenvalue weighted by atomic mass is 19.4. The predicted molar refractivity (Wildman–Crippen MR) is 132 cm³/mol. The number of hydrogen-bond donors (Lipinski definition) is 2. The highest BCUT2D eigenvalue weighted by Crippen LogP contribution is 2.34.